The van der Waals surface area contributed by atoms with Crippen LogP contribution in [-0.4, -0.2) is 13.7 Å². The molecule has 0 fully saturated rings. The van der Waals surface area contributed by atoms with Crippen LogP contribution in [0.5, 0.6) is 0 Å². The van der Waals surface area contributed by atoms with Gasteiger partial charge >= 0.3 is 0 Å². The maximum absolute atomic E-state index is 6.60. The van der Waals surface area contributed by atoms with E-state index in [1.807, 2.05) is 0 Å². The Morgan fingerprint density at radius 3 is 2.63 bits per heavy atom. The Morgan fingerprint density at radius 2 is 1.95 bits per heavy atom. The lowest BCUT2D eigenvalue weighted by molar-refractivity contribution is 0.159. The third-order valence-corrected chi connectivity index (χ3v) is 4.75. The maximum Gasteiger partial charge on any atom is 0.0465 e. The first-order chi connectivity index (χ1) is 9.05. The van der Waals surface area contributed by atoms with Gasteiger partial charge in [-0.2, -0.15) is 0 Å². The Balaban J connectivity index is 2.19. The zero-order valence-electron chi connectivity index (χ0n) is 12.5. The smallest absolute Gasteiger partial charge is 0.0465 e. The average Bonchev–Trinajstić information content (AvgIpc) is 2.44. The van der Waals surface area contributed by atoms with Crippen LogP contribution in [0, 0.1) is 5.92 Å². The largest absolute Gasteiger partial charge is 0.385 e. The zero-order valence-corrected chi connectivity index (χ0v) is 12.5. The summed E-state index contributed by atoms with van der Waals surface area (Å²) >= 11 is 0. The molecular formula is C17H27NO. The summed E-state index contributed by atoms with van der Waals surface area (Å²) in [5.74, 6) is 0.411. The van der Waals surface area contributed by atoms with E-state index >= 15 is 0 Å². The summed E-state index contributed by atoms with van der Waals surface area (Å²) in [4.78, 5) is 0. The quantitative estimate of drug-likeness (QED) is 0.881. The average molecular weight is 261 g/mol. The maximum atomic E-state index is 6.60. The van der Waals surface area contributed by atoms with Crippen molar-refractivity contribution in [2.24, 2.45) is 11.7 Å². The number of ether oxygens (including phenoxy) is 1. The van der Waals surface area contributed by atoms with Crippen molar-refractivity contribution in [2.45, 2.75) is 51.5 Å². The van der Waals surface area contributed by atoms with Gasteiger partial charge in [-0.3, -0.25) is 0 Å². The van der Waals surface area contributed by atoms with E-state index in [-0.39, 0.29) is 5.54 Å². The number of rotatable bonds is 5. The molecule has 0 heterocycles. The van der Waals surface area contributed by atoms with Crippen LogP contribution in [-0.2, 0) is 23.1 Å². The van der Waals surface area contributed by atoms with E-state index in [1.165, 1.54) is 42.4 Å². The second-order valence-electron chi connectivity index (χ2n) is 6.16. The monoisotopic (exact) mass is 261 g/mol. The van der Waals surface area contributed by atoms with E-state index in [4.69, 9.17) is 10.5 Å². The fourth-order valence-electron chi connectivity index (χ4n) is 2.95. The molecule has 2 N–H and O–H groups in total. The van der Waals surface area contributed by atoms with Crippen LogP contribution in [0.3, 0.4) is 0 Å². The Bertz CT molecular complexity index is 425. The van der Waals surface area contributed by atoms with Crippen LogP contribution in [0.2, 0.25) is 0 Å². The molecule has 0 spiro atoms. The van der Waals surface area contributed by atoms with Gasteiger partial charge in [-0.25, -0.2) is 0 Å². The van der Waals surface area contributed by atoms with Crippen molar-refractivity contribution in [3.8, 4) is 0 Å². The van der Waals surface area contributed by atoms with Crippen LogP contribution >= 0.6 is 0 Å². The van der Waals surface area contributed by atoms with E-state index in [0.717, 1.165) is 13.0 Å². The lowest BCUT2D eigenvalue weighted by atomic mass is 9.78. The summed E-state index contributed by atoms with van der Waals surface area (Å²) in [5.41, 5.74) is 10.6. The Morgan fingerprint density at radius 1 is 1.26 bits per heavy atom. The highest BCUT2D eigenvalue weighted by Crippen LogP contribution is 2.32. The van der Waals surface area contributed by atoms with Crippen molar-refractivity contribution in [3.63, 3.8) is 0 Å². The fraction of sp³-hybridized carbons (Fsp3) is 0.647. The standard InChI is InChI=1S/C17H27NO/c1-13(10-11-19-3)17(2,18)16-9-8-14-6-4-5-7-15(14)12-16/h8-9,12-13H,4-7,10-11,18H2,1-3H3. The van der Waals surface area contributed by atoms with Crippen molar-refractivity contribution in [3.05, 3.63) is 34.9 Å². The minimum Gasteiger partial charge on any atom is -0.385 e. The molecule has 2 atom stereocenters. The molecule has 1 aromatic rings. The molecule has 1 aliphatic rings. The van der Waals surface area contributed by atoms with Crippen LogP contribution < -0.4 is 5.73 Å². The number of methoxy groups -OCH3 is 1. The van der Waals surface area contributed by atoms with E-state index in [0.29, 0.717) is 5.92 Å². The SMILES string of the molecule is COCCC(C)C(C)(N)c1ccc2c(c1)CCCC2. The molecule has 2 nitrogen and oxygen atoms in total. The lowest BCUT2D eigenvalue weighted by Crippen LogP contribution is -2.40. The highest BCUT2D eigenvalue weighted by Gasteiger charge is 2.29. The summed E-state index contributed by atoms with van der Waals surface area (Å²) in [6.07, 6.45) is 6.09. The Kier molecular flexibility index (Phi) is 4.64. The van der Waals surface area contributed by atoms with E-state index < -0.39 is 0 Å². The van der Waals surface area contributed by atoms with Crippen LogP contribution in [0.15, 0.2) is 18.2 Å². The van der Waals surface area contributed by atoms with Gasteiger partial charge in [-0.1, -0.05) is 25.1 Å². The first-order valence-electron chi connectivity index (χ1n) is 7.46. The number of hydrogen-bond donors (Lipinski definition) is 1. The summed E-state index contributed by atoms with van der Waals surface area (Å²) in [7, 11) is 1.75. The molecule has 19 heavy (non-hydrogen) atoms. The molecule has 0 aliphatic heterocycles. The fourth-order valence-corrected chi connectivity index (χ4v) is 2.95. The molecule has 0 aromatic heterocycles. The topological polar surface area (TPSA) is 35.2 Å². The summed E-state index contributed by atoms with van der Waals surface area (Å²) < 4.78 is 5.18. The highest BCUT2D eigenvalue weighted by atomic mass is 16.5. The number of fused-ring (bicyclic) bond motifs is 1. The number of nitrogens with two attached hydrogens (primary N) is 1. The third kappa shape index (κ3) is 3.18. The zero-order chi connectivity index (χ0) is 13.9. The Labute approximate surface area is 117 Å². The van der Waals surface area contributed by atoms with Gasteiger partial charge in [0, 0.05) is 19.3 Å². The first-order valence-corrected chi connectivity index (χ1v) is 7.46. The molecule has 0 radical (unpaired) electrons. The summed E-state index contributed by atoms with van der Waals surface area (Å²) in [5, 5.41) is 0. The van der Waals surface area contributed by atoms with Crippen molar-refractivity contribution < 1.29 is 4.74 Å². The van der Waals surface area contributed by atoms with E-state index in [1.54, 1.807) is 7.11 Å². The second-order valence-corrected chi connectivity index (χ2v) is 6.16. The summed E-state index contributed by atoms with van der Waals surface area (Å²) in [6.45, 7) is 5.15. The van der Waals surface area contributed by atoms with Crippen molar-refractivity contribution in [1.29, 1.82) is 0 Å². The number of aryl methyl sites for hydroxylation is 2. The van der Waals surface area contributed by atoms with Crippen molar-refractivity contribution >= 4 is 0 Å². The molecule has 2 rings (SSSR count). The molecule has 0 saturated heterocycles. The molecule has 0 amide bonds. The minimum absolute atomic E-state index is 0.273. The van der Waals surface area contributed by atoms with Crippen molar-refractivity contribution in [1.82, 2.24) is 0 Å². The van der Waals surface area contributed by atoms with Crippen molar-refractivity contribution in [2.75, 3.05) is 13.7 Å². The highest BCUT2D eigenvalue weighted by molar-refractivity contribution is 5.37. The van der Waals surface area contributed by atoms with Gasteiger partial charge in [-0.05, 0) is 61.6 Å². The molecular weight excluding hydrogens is 234 g/mol. The van der Waals surface area contributed by atoms with Crippen LogP contribution in [0.25, 0.3) is 0 Å². The van der Waals surface area contributed by atoms with Gasteiger partial charge in [0.05, 0.1) is 0 Å². The number of hydrogen-bond acceptors (Lipinski definition) is 2. The predicted molar refractivity (Wildman–Crippen MR) is 80.3 cm³/mol. The summed E-state index contributed by atoms with van der Waals surface area (Å²) in [6, 6.07) is 6.86. The van der Waals surface area contributed by atoms with Crippen LogP contribution in [0.4, 0.5) is 0 Å². The molecule has 2 unspecified atom stereocenters. The van der Waals surface area contributed by atoms with Gasteiger partial charge in [0.25, 0.3) is 0 Å². The van der Waals surface area contributed by atoms with E-state index in [2.05, 4.69) is 32.0 Å². The molecule has 0 saturated carbocycles. The molecule has 2 heteroatoms. The van der Waals surface area contributed by atoms with Gasteiger partial charge in [0.15, 0.2) is 0 Å². The number of benzene rings is 1. The van der Waals surface area contributed by atoms with Gasteiger partial charge < -0.3 is 10.5 Å². The van der Waals surface area contributed by atoms with Gasteiger partial charge in [0.1, 0.15) is 0 Å². The first kappa shape index (κ1) is 14.5. The van der Waals surface area contributed by atoms with Gasteiger partial charge in [-0.15, -0.1) is 0 Å². The second kappa shape index (κ2) is 6.06. The molecule has 1 aliphatic carbocycles. The normalized spacial score (nSPS) is 19.6. The molecule has 1 aromatic carbocycles. The Hall–Kier alpha value is -0.860. The minimum atomic E-state index is -0.273. The lowest BCUT2D eigenvalue weighted by Gasteiger charge is -2.33. The predicted octanol–water partition coefficient (Wildman–Crippen LogP) is 3.41. The van der Waals surface area contributed by atoms with Gasteiger partial charge in [0.2, 0.25) is 0 Å². The van der Waals surface area contributed by atoms with E-state index in [9.17, 15) is 0 Å². The van der Waals surface area contributed by atoms with Crippen LogP contribution in [0.1, 0.15) is 49.8 Å². The third-order valence-electron chi connectivity index (χ3n) is 4.75. The molecule has 0 bridgehead atoms. The molecule has 106 valence electrons.